The van der Waals surface area contributed by atoms with Crippen LogP contribution in [-0.2, 0) is 0 Å². The highest BCUT2D eigenvalue weighted by molar-refractivity contribution is 5.69. The van der Waals surface area contributed by atoms with E-state index in [0.717, 1.165) is 42.1 Å². The molecule has 5 nitrogen and oxygen atoms in total. The summed E-state index contributed by atoms with van der Waals surface area (Å²) in [6, 6.07) is 2.96. The lowest BCUT2D eigenvalue weighted by atomic mass is 9.96. The summed E-state index contributed by atoms with van der Waals surface area (Å²) in [6.07, 6.45) is 9.06. The van der Waals surface area contributed by atoms with Gasteiger partial charge in [-0.15, -0.1) is 0 Å². The van der Waals surface area contributed by atoms with Crippen molar-refractivity contribution < 1.29 is 0 Å². The van der Waals surface area contributed by atoms with Gasteiger partial charge in [-0.1, -0.05) is 0 Å². The Balaban J connectivity index is 1.44. The van der Waals surface area contributed by atoms with Crippen LogP contribution in [-0.4, -0.2) is 40.3 Å². The number of hydrogen-bond acceptors (Lipinski definition) is 4. The molecule has 2 aliphatic rings. The van der Waals surface area contributed by atoms with Crippen LogP contribution in [0, 0.1) is 12.8 Å². The minimum atomic E-state index is 0.827. The first-order valence-electron chi connectivity index (χ1n) is 8.09. The molecule has 1 N–H and O–H groups in total. The lowest BCUT2D eigenvalue weighted by Crippen LogP contribution is -2.38. The van der Waals surface area contributed by atoms with Gasteiger partial charge < -0.3 is 10.2 Å². The van der Waals surface area contributed by atoms with Crippen molar-refractivity contribution in [3.05, 3.63) is 24.2 Å². The Morgan fingerprint density at radius 3 is 2.81 bits per heavy atom. The third-order valence-electron chi connectivity index (χ3n) is 4.68. The van der Waals surface area contributed by atoms with Crippen LogP contribution in [0.25, 0.3) is 5.52 Å². The smallest absolute Gasteiger partial charge is 0.154 e. The minimum absolute atomic E-state index is 0.827. The van der Waals surface area contributed by atoms with Gasteiger partial charge >= 0.3 is 0 Å². The van der Waals surface area contributed by atoms with Gasteiger partial charge in [0.1, 0.15) is 5.52 Å². The third-order valence-corrected chi connectivity index (χ3v) is 4.68. The molecule has 0 bridgehead atoms. The molecule has 5 heteroatoms. The zero-order chi connectivity index (χ0) is 14.2. The van der Waals surface area contributed by atoms with Crippen LogP contribution in [0.5, 0.6) is 0 Å². The fraction of sp³-hybridized carbons (Fsp3) is 0.625. The van der Waals surface area contributed by atoms with Crippen molar-refractivity contribution in [3.63, 3.8) is 0 Å². The molecule has 2 fully saturated rings. The van der Waals surface area contributed by atoms with Crippen molar-refractivity contribution in [1.29, 1.82) is 0 Å². The highest BCUT2D eigenvalue weighted by Gasteiger charge is 2.25. The van der Waals surface area contributed by atoms with Crippen molar-refractivity contribution >= 4 is 11.3 Å². The van der Waals surface area contributed by atoms with Crippen molar-refractivity contribution in [1.82, 2.24) is 19.9 Å². The summed E-state index contributed by atoms with van der Waals surface area (Å²) in [6.45, 7) is 5.44. The highest BCUT2D eigenvalue weighted by Crippen LogP contribution is 2.26. The summed E-state index contributed by atoms with van der Waals surface area (Å²) in [5.41, 5.74) is 2.18. The number of nitrogens with one attached hydrogen (secondary N) is 1. The topological polar surface area (TPSA) is 45.5 Å². The van der Waals surface area contributed by atoms with E-state index < -0.39 is 0 Å². The van der Waals surface area contributed by atoms with Gasteiger partial charge in [0.2, 0.25) is 0 Å². The van der Waals surface area contributed by atoms with Crippen molar-refractivity contribution in [3.8, 4) is 0 Å². The van der Waals surface area contributed by atoms with Crippen LogP contribution >= 0.6 is 0 Å². The van der Waals surface area contributed by atoms with Crippen molar-refractivity contribution in [2.45, 2.75) is 38.6 Å². The Morgan fingerprint density at radius 2 is 2.05 bits per heavy atom. The highest BCUT2D eigenvalue weighted by atomic mass is 15.3. The number of aryl methyl sites for hydroxylation is 1. The molecular weight excluding hydrogens is 262 g/mol. The maximum atomic E-state index is 4.60. The zero-order valence-electron chi connectivity index (χ0n) is 12.6. The van der Waals surface area contributed by atoms with Gasteiger partial charge in [-0.25, -0.2) is 9.50 Å². The number of hydrogen-bond donors (Lipinski definition) is 1. The number of fused-ring (bicyclic) bond motifs is 1. The molecule has 2 aromatic heterocycles. The molecule has 1 saturated heterocycles. The van der Waals surface area contributed by atoms with Gasteiger partial charge in [0, 0.05) is 31.5 Å². The summed E-state index contributed by atoms with van der Waals surface area (Å²) in [5, 5.41) is 8.14. The summed E-state index contributed by atoms with van der Waals surface area (Å²) in [4.78, 5) is 7.02. The minimum Gasteiger partial charge on any atom is -0.355 e. The van der Waals surface area contributed by atoms with Crippen LogP contribution in [0.2, 0.25) is 0 Å². The summed E-state index contributed by atoms with van der Waals surface area (Å²) in [5.74, 6) is 1.92. The Bertz CT molecular complexity index is 623. The normalized spacial score (nSPS) is 20.3. The number of nitrogens with zero attached hydrogens (tertiary/aromatic N) is 4. The third kappa shape index (κ3) is 2.75. The van der Waals surface area contributed by atoms with Gasteiger partial charge in [0.05, 0.1) is 5.69 Å². The molecule has 2 aromatic rings. The van der Waals surface area contributed by atoms with Crippen LogP contribution in [0.1, 0.15) is 31.4 Å². The second kappa shape index (κ2) is 5.30. The standard InChI is InChI=1S/C16H23N5/c1-12-10-15-16(17-6-9-21(15)19-12)20-7-4-13(5-8-20)11-18-14-2-3-14/h6,9-10,13-14,18H,2-5,7-8,11H2,1H3. The molecule has 0 spiro atoms. The van der Waals surface area contributed by atoms with Crippen LogP contribution in [0.3, 0.4) is 0 Å². The van der Waals surface area contributed by atoms with Gasteiger partial charge in [-0.2, -0.15) is 5.10 Å². The van der Waals surface area contributed by atoms with Gasteiger partial charge in [-0.05, 0) is 51.1 Å². The van der Waals surface area contributed by atoms with Crippen molar-refractivity contribution in [2.24, 2.45) is 5.92 Å². The molecule has 0 aromatic carbocycles. The van der Waals surface area contributed by atoms with E-state index >= 15 is 0 Å². The van der Waals surface area contributed by atoms with Crippen LogP contribution in [0.4, 0.5) is 5.82 Å². The lowest BCUT2D eigenvalue weighted by Gasteiger charge is -2.33. The maximum Gasteiger partial charge on any atom is 0.154 e. The summed E-state index contributed by atoms with van der Waals surface area (Å²) in [7, 11) is 0. The summed E-state index contributed by atoms with van der Waals surface area (Å²) < 4.78 is 1.94. The Morgan fingerprint density at radius 1 is 1.24 bits per heavy atom. The molecule has 0 radical (unpaired) electrons. The van der Waals surface area contributed by atoms with Crippen LogP contribution < -0.4 is 10.2 Å². The van der Waals surface area contributed by atoms with Gasteiger partial charge in [0.25, 0.3) is 0 Å². The van der Waals surface area contributed by atoms with E-state index in [4.69, 9.17) is 0 Å². The first-order chi connectivity index (χ1) is 10.3. The number of anilines is 1. The van der Waals surface area contributed by atoms with E-state index in [0.29, 0.717) is 0 Å². The maximum absolute atomic E-state index is 4.60. The van der Waals surface area contributed by atoms with E-state index in [2.05, 4.69) is 26.4 Å². The van der Waals surface area contributed by atoms with Crippen molar-refractivity contribution in [2.75, 3.05) is 24.5 Å². The average molecular weight is 285 g/mol. The fourth-order valence-corrected chi connectivity index (χ4v) is 3.24. The quantitative estimate of drug-likeness (QED) is 0.933. The molecule has 0 unspecified atom stereocenters. The monoisotopic (exact) mass is 285 g/mol. The molecule has 1 aliphatic heterocycles. The first-order valence-corrected chi connectivity index (χ1v) is 8.09. The van der Waals surface area contributed by atoms with E-state index in [9.17, 15) is 0 Å². The van der Waals surface area contributed by atoms with Gasteiger partial charge in [-0.3, -0.25) is 0 Å². The Labute approximate surface area is 125 Å². The van der Waals surface area contributed by atoms with E-state index in [-0.39, 0.29) is 0 Å². The number of piperidine rings is 1. The fourth-order valence-electron chi connectivity index (χ4n) is 3.24. The number of rotatable bonds is 4. The Hall–Kier alpha value is -1.62. The molecule has 3 heterocycles. The van der Waals surface area contributed by atoms with E-state index in [1.807, 2.05) is 23.8 Å². The van der Waals surface area contributed by atoms with Crippen LogP contribution in [0.15, 0.2) is 18.5 Å². The molecule has 1 saturated carbocycles. The second-order valence-corrected chi connectivity index (χ2v) is 6.48. The zero-order valence-corrected chi connectivity index (χ0v) is 12.6. The molecular formula is C16H23N5. The molecule has 0 amide bonds. The molecule has 0 atom stereocenters. The van der Waals surface area contributed by atoms with E-state index in [1.165, 1.54) is 32.2 Å². The predicted octanol–water partition coefficient (Wildman–Crippen LogP) is 2.01. The average Bonchev–Trinajstić information content (AvgIpc) is 3.25. The Kier molecular flexibility index (Phi) is 3.30. The lowest BCUT2D eigenvalue weighted by molar-refractivity contribution is 0.381. The molecule has 1 aliphatic carbocycles. The predicted molar refractivity (Wildman–Crippen MR) is 83.7 cm³/mol. The van der Waals surface area contributed by atoms with E-state index in [1.54, 1.807) is 0 Å². The molecule has 112 valence electrons. The first kappa shape index (κ1) is 13.1. The molecule has 21 heavy (non-hydrogen) atoms. The summed E-state index contributed by atoms with van der Waals surface area (Å²) >= 11 is 0. The number of aromatic nitrogens is 3. The largest absolute Gasteiger partial charge is 0.355 e. The molecule has 4 rings (SSSR count). The second-order valence-electron chi connectivity index (χ2n) is 6.48. The van der Waals surface area contributed by atoms with Gasteiger partial charge in [0.15, 0.2) is 5.82 Å². The SMILES string of the molecule is Cc1cc2c(N3CCC(CNC4CC4)CC3)nccn2n1.